The Bertz CT molecular complexity index is 1150. The number of para-hydroxylation sites is 1. The van der Waals surface area contributed by atoms with Crippen LogP contribution in [0.4, 0.5) is 5.69 Å². The average Bonchev–Trinajstić information content (AvgIpc) is 3.06. The lowest BCUT2D eigenvalue weighted by Gasteiger charge is -2.16. The topological polar surface area (TPSA) is 60.7 Å². The van der Waals surface area contributed by atoms with Gasteiger partial charge in [0.05, 0.1) is 12.8 Å². The largest absolute Gasteiger partial charge is 0.495 e. The van der Waals surface area contributed by atoms with Crippen LogP contribution in [0.25, 0.3) is 21.9 Å². The van der Waals surface area contributed by atoms with Crippen LogP contribution in [0.1, 0.15) is 6.92 Å². The van der Waals surface area contributed by atoms with E-state index in [2.05, 4.69) is 21.2 Å². The molecule has 1 heterocycles. The second-order valence-electron chi connectivity index (χ2n) is 6.35. The van der Waals surface area contributed by atoms with Crippen LogP contribution in [0, 0.1) is 0 Å². The molecule has 0 aliphatic heterocycles. The summed E-state index contributed by atoms with van der Waals surface area (Å²) >= 11 is 3.38. The summed E-state index contributed by atoms with van der Waals surface area (Å²) < 4.78 is 18.0. The number of carbonyl (C=O) groups excluding carboxylic acids is 1. The number of halogens is 1. The van der Waals surface area contributed by atoms with E-state index >= 15 is 0 Å². The third-order valence-electron chi connectivity index (χ3n) is 4.45. The van der Waals surface area contributed by atoms with Gasteiger partial charge in [-0.2, -0.15) is 0 Å². The van der Waals surface area contributed by atoms with Crippen molar-refractivity contribution in [2.45, 2.75) is 13.0 Å². The fourth-order valence-electron chi connectivity index (χ4n) is 3.02. The van der Waals surface area contributed by atoms with Gasteiger partial charge >= 0.3 is 0 Å². The van der Waals surface area contributed by atoms with Crippen molar-refractivity contribution in [1.29, 1.82) is 0 Å². The van der Waals surface area contributed by atoms with E-state index in [1.54, 1.807) is 32.2 Å². The number of methoxy groups -OCH3 is 1. The van der Waals surface area contributed by atoms with E-state index in [4.69, 9.17) is 13.9 Å². The molecule has 142 valence electrons. The monoisotopic (exact) mass is 439 g/mol. The summed E-state index contributed by atoms with van der Waals surface area (Å²) in [5.41, 5.74) is 2.00. The fourth-order valence-corrected chi connectivity index (χ4v) is 3.29. The van der Waals surface area contributed by atoms with Gasteiger partial charge in [-0.1, -0.05) is 34.1 Å². The van der Waals surface area contributed by atoms with Gasteiger partial charge in [0.1, 0.15) is 22.7 Å². The molecule has 0 spiro atoms. The third-order valence-corrected chi connectivity index (χ3v) is 4.98. The number of ether oxygens (including phenoxy) is 2. The van der Waals surface area contributed by atoms with E-state index in [1.807, 2.05) is 42.5 Å². The van der Waals surface area contributed by atoms with Gasteiger partial charge in [-0.15, -0.1) is 0 Å². The molecule has 0 aliphatic rings. The Labute approximate surface area is 170 Å². The third kappa shape index (κ3) is 3.55. The number of hydrogen-bond acceptors (Lipinski definition) is 4. The smallest absolute Gasteiger partial charge is 0.265 e. The normalized spacial score (nSPS) is 12.1. The van der Waals surface area contributed by atoms with Gasteiger partial charge in [0.15, 0.2) is 6.10 Å². The van der Waals surface area contributed by atoms with E-state index < -0.39 is 6.10 Å². The second-order valence-corrected chi connectivity index (χ2v) is 7.27. The maximum absolute atomic E-state index is 12.6. The molecule has 3 aromatic carbocycles. The van der Waals surface area contributed by atoms with Gasteiger partial charge in [0.25, 0.3) is 5.91 Å². The van der Waals surface area contributed by atoms with Crippen molar-refractivity contribution in [1.82, 2.24) is 0 Å². The number of anilines is 1. The number of carbonyl (C=O) groups is 1. The summed E-state index contributed by atoms with van der Waals surface area (Å²) in [4.78, 5) is 12.6. The molecule has 0 radical (unpaired) electrons. The van der Waals surface area contributed by atoms with Crippen LogP contribution in [-0.2, 0) is 4.79 Å². The van der Waals surface area contributed by atoms with Gasteiger partial charge in [-0.3, -0.25) is 4.79 Å². The molecule has 4 rings (SSSR count). The maximum atomic E-state index is 12.6. The highest BCUT2D eigenvalue weighted by atomic mass is 79.9. The first-order valence-corrected chi connectivity index (χ1v) is 9.57. The molecule has 0 fully saturated rings. The highest BCUT2D eigenvalue weighted by molar-refractivity contribution is 9.10. The van der Waals surface area contributed by atoms with Crippen molar-refractivity contribution in [3.05, 3.63) is 65.1 Å². The molecule has 0 saturated heterocycles. The number of amides is 1. The van der Waals surface area contributed by atoms with E-state index in [9.17, 15) is 4.79 Å². The lowest BCUT2D eigenvalue weighted by molar-refractivity contribution is -0.122. The molecule has 6 heteroatoms. The van der Waals surface area contributed by atoms with Crippen LogP contribution in [0.15, 0.2) is 69.6 Å². The summed E-state index contributed by atoms with van der Waals surface area (Å²) in [6.45, 7) is 1.70. The Morgan fingerprint density at radius 2 is 1.79 bits per heavy atom. The predicted molar refractivity (Wildman–Crippen MR) is 113 cm³/mol. The van der Waals surface area contributed by atoms with Gasteiger partial charge in [0, 0.05) is 21.3 Å². The van der Waals surface area contributed by atoms with E-state index in [0.717, 1.165) is 20.8 Å². The molecular weight excluding hydrogens is 422 g/mol. The molecule has 1 aromatic heterocycles. The molecule has 0 saturated carbocycles. The quantitative estimate of drug-likeness (QED) is 0.429. The molecule has 5 nitrogen and oxygen atoms in total. The Kier molecular flexibility index (Phi) is 4.96. The van der Waals surface area contributed by atoms with Crippen molar-refractivity contribution in [3.8, 4) is 11.5 Å². The molecule has 4 aromatic rings. The molecule has 1 atom stereocenters. The number of rotatable bonds is 5. The average molecular weight is 440 g/mol. The molecule has 0 unspecified atom stereocenters. The van der Waals surface area contributed by atoms with Gasteiger partial charge in [-0.25, -0.2) is 0 Å². The standard InChI is InChI=1S/C22H18BrNO4/c1-13(27-15-9-7-14(23)8-10-15)22(25)24-18-12-20-17(11-21(18)26-2)16-5-3-4-6-19(16)28-20/h3-13H,1-2H3,(H,24,25)/t13-/m0/s1. The molecule has 0 bridgehead atoms. The summed E-state index contributed by atoms with van der Waals surface area (Å²) in [7, 11) is 1.57. The minimum Gasteiger partial charge on any atom is -0.495 e. The van der Waals surface area contributed by atoms with Crippen LogP contribution in [0.2, 0.25) is 0 Å². The van der Waals surface area contributed by atoms with E-state index in [1.165, 1.54) is 0 Å². The zero-order valence-corrected chi connectivity index (χ0v) is 16.9. The van der Waals surface area contributed by atoms with Crippen LogP contribution in [-0.4, -0.2) is 19.1 Å². The fraction of sp³-hybridized carbons (Fsp3) is 0.136. The number of benzene rings is 3. The van der Waals surface area contributed by atoms with E-state index in [-0.39, 0.29) is 5.91 Å². The van der Waals surface area contributed by atoms with Crippen molar-refractivity contribution in [3.63, 3.8) is 0 Å². The molecule has 0 aliphatic carbocycles. The maximum Gasteiger partial charge on any atom is 0.265 e. The van der Waals surface area contributed by atoms with Crippen LogP contribution in [0.5, 0.6) is 11.5 Å². The summed E-state index contributed by atoms with van der Waals surface area (Å²) in [6.07, 6.45) is -0.683. The van der Waals surface area contributed by atoms with Gasteiger partial charge in [0.2, 0.25) is 0 Å². The first-order valence-electron chi connectivity index (χ1n) is 8.77. The van der Waals surface area contributed by atoms with Crippen molar-refractivity contribution < 1.29 is 18.7 Å². The number of nitrogens with one attached hydrogen (secondary N) is 1. The van der Waals surface area contributed by atoms with Crippen LogP contribution in [0.3, 0.4) is 0 Å². The van der Waals surface area contributed by atoms with Crippen molar-refractivity contribution >= 4 is 49.5 Å². The van der Waals surface area contributed by atoms with Crippen molar-refractivity contribution in [2.24, 2.45) is 0 Å². The van der Waals surface area contributed by atoms with Crippen LogP contribution >= 0.6 is 15.9 Å². The first kappa shape index (κ1) is 18.4. The Hall–Kier alpha value is -2.99. The SMILES string of the molecule is COc1cc2c(cc1NC(=O)[C@H](C)Oc1ccc(Br)cc1)oc1ccccc12. The minimum atomic E-state index is -0.683. The van der Waals surface area contributed by atoms with E-state index in [0.29, 0.717) is 22.8 Å². The minimum absolute atomic E-state index is 0.281. The molecule has 28 heavy (non-hydrogen) atoms. The number of fused-ring (bicyclic) bond motifs is 3. The summed E-state index contributed by atoms with van der Waals surface area (Å²) in [5, 5.41) is 4.81. The zero-order valence-electron chi connectivity index (χ0n) is 15.4. The summed E-state index contributed by atoms with van der Waals surface area (Å²) in [6, 6.07) is 18.8. The number of furan rings is 1. The molecule has 1 amide bonds. The van der Waals surface area contributed by atoms with Gasteiger partial charge in [-0.05, 0) is 43.3 Å². The highest BCUT2D eigenvalue weighted by Crippen LogP contribution is 2.36. The second kappa shape index (κ2) is 7.56. The predicted octanol–water partition coefficient (Wildman–Crippen LogP) is 5.76. The lowest BCUT2D eigenvalue weighted by atomic mass is 10.1. The Morgan fingerprint density at radius 1 is 1.04 bits per heavy atom. The Balaban J connectivity index is 1.59. The van der Waals surface area contributed by atoms with Crippen molar-refractivity contribution in [2.75, 3.05) is 12.4 Å². The molecule has 1 N–H and O–H groups in total. The molecular formula is C22H18BrNO4. The number of hydrogen-bond donors (Lipinski definition) is 1. The van der Waals surface area contributed by atoms with Gasteiger partial charge < -0.3 is 19.2 Å². The first-order chi connectivity index (χ1) is 13.5. The van der Waals surface area contributed by atoms with Crippen LogP contribution < -0.4 is 14.8 Å². The zero-order chi connectivity index (χ0) is 19.7. The Morgan fingerprint density at radius 3 is 2.54 bits per heavy atom. The summed E-state index contributed by atoms with van der Waals surface area (Å²) in [5.74, 6) is 0.894. The lowest BCUT2D eigenvalue weighted by Crippen LogP contribution is -2.30. The highest BCUT2D eigenvalue weighted by Gasteiger charge is 2.19.